The van der Waals surface area contributed by atoms with Gasteiger partial charge in [0, 0.05) is 0 Å². The summed E-state index contributed by atoms with van der Waals surface area (Å²) >= 11 is 6.72. The van der Waals surface area contributed by atoms with E-state index in [1.807, 2.05) is 53.2 Å². The highest BCUT2D eigenvalue weighted by molar-refractivity contribution is 14.1. The molecule has 0 aliphatic carbocycles. The molecule has 11 heavy (non-hydrogen) atoms. The average molecular weight is 279 g/mol. The summed E-state index contributed by atoms with van der Waals surface area (Å²) in [5.74, 6) is 0.752. The molecule has 1 N–H and O–H groups in total. The molecular formula is C7H6INOS. The summed E-state index contributed by atoms with van der Waals surface area (Å²) < 4.78 is 7.87. The van der Waals surface area contributed by atoms with Crippen molar-refractivity contribution in [2.24, 2.45) is 0 Å². The Balaban J connectivity index is 2.58. The van der Waals surface area contributed by atoms with Gasteiger partial charge >= 0.3 is 0 Å². The molecule has 1 aromatic rings. The number of nitrogens with one attached hydrogen (secondary N) is 1. The van der Waals surface area contributed by atoms with Crippen LogP contribution in [0.1, 0.15) is 0 Å². The van der Waals surface area contributed by atoms with Crippen LogP contribution in [0.5, 0.6) is 5.75 Å². The van der Waals surface area contributed by atoms with E-state index in [-0.39, 0.29) is 0 Å². The van der Waals surface area contributed by atoms with Gasteiger partial charge in [-0.25, -0.2) is 0 Å². The van der Waals surface area contributed by atoms with Crippen molar-refractivity contribution in [1.29, 1.82) is 0 Å². The number of thiocarbonyl (C=S) groups is 1. The minimum atomic E-state index is 0.372. The third kappa shape index (κ3) is 3.02. The van der Waals surface area contributed by atoms with Crippen LogP contribution in [0.4, 0.5) is 0 Å². The van der Waals surface area contributed by atoms with Gasteiger partial charge in [-0.3, -0.25) is 3.53 Å². The molecule has 1 rings (SSSR count). The van der Waals surface area contributed by atoms with Gasteiger partial charge in [-0.1, -0.05) is 18.2 Å². The smallest absolute Gasteiger partial charge is 0.271 e. The Hall–Kier alpha value is -0.360. The highest BCUT2D eigenvalue weighted by Gasteiger charge is 1.94. The van der Waals surface area contributed by atoms with Crippen molar-refractivity contribution in [3.63, 3.8) is 0 Å². The minimum absolute atomic E-state index is 0.372. The second-order valence-electron chi connectivity index (χ2n) is 1.80. The molecule has 0 fully saturated rings. The van der Waals surface area contributed by atoms with Crippen LogP contribution < -0.4 is 8.27 Å². The highest BCUT2D eigenvalue weighted by Crippen LogP contribution is 2.08. The lowest BCUT2D eigenvalue weighted by atomic mass is 10.3. The lowest BCUT2D eigenvalue weighted by Gasteiger charge is -2.02. The first-order chi connectivity index (χ1) is 5.33. The van der Waals surface area contributed by atoms with E-state index in [4.69, 9.17) is 17.0 Å². The van der Waals surface area contributed by atoms with Crippen molar-refractivity contribution in [2.75, 3.05) is 0 Å². The van der Waals surface area contributed by atoms with Gasteiger partial charge in [-0.15, -0.1) is 0 Å². The summed E-state index contributed by atoms with van der Waals surface area (Å²) in [6, 6.07) is 9.41. The minimum Gasteiger partial charge on any atom is -0.431 e. The first kappa shape index (κ1) is 8.73. The number of hydrogen-bond acceptors (Lipinski definition) is 2. The fourth-order valence-corrected chi connectivity index (χ4v) is 0.821. The van der Waals surface area contributed by atoms with Crippen LogP contribution in [0, 0.1) is 0 Å². The molecule has 0 bridgehead atoms. The zero-order chi connectivity index (χ0) is 8.10. The van der Waals surface area contributed by atoms with Crippen LogP contribution in [0.25, 0.3) is 0 Å². The molecule has 0 aliphatic rings. The number of benzene rings is 1. The van der Waals surface area contributed by atoms with Crippen LogP contribution in [-0.4, -0.2) is 5.17 Å². The number of rotatable bonds is 1. The lowest BCUT2D eigenvalue weighted by molar-refractivity contribution is 0.554. The Morgan fingerprint density at radius 3 is 2.55 bits per heavy atom. The molecule has 4 heteroatoms. The predicted molar refractivity (Wildman–Crippen MR) is 56.8 cm³/mol. The average Bonchev–Trinajstić information content (AvgIpc) is 2.06. The van der Waals surface area contributed by atoms with Crippen molar-refractivity contribution >= 4 is 40.3 Å². The maximum absolute atomic E-state index is 5.18. The van der Waals surface area contributed by atoms with Crippen LogP contribution in [-0.2, 0) is 0 Å². The standard InChI is InChI=1S/C7H6INOS/c8-9-7(11)10-6-4-2-1-3-5-6/h1-5H,(H,9,11). The summed E-state index contributed by atoms with van der Waals surface area (Å²) in [4.78, 5) is 0. The van der Waals surface area contributed by atoms with Gasteiger partial charge in [0.1, 0.15) is 5.75 Å². The van der Waals surface area contributed by atoms with E-state index in [1.54, 1.807) is 0 Å². The van der Waals surface area contributed by atoms with Gasteiger partial charge in [0.15, 0.2) is 0 Å². The lowest BCUT2D eigenvalue weighted by Crippen LogP contribution is -2.16. The Kier molecular flexibility index (Phi) is 3.58. The van der Waals surface area contributed by atoms with Crippen molar-refractivity contribution in [1.82, 2.24) is 3.53 Å². The van der Waals surface area contributed by atoms with Crippen molar-refractivity contribution < 1.29 is 4.74 Å². The van der Waals surface area contributed by atoms with Gasteiger partial charge in [-0.05, 0) is 24.4 Å². The van der Waals surface area contributed by atoms with Gasteiger partial charge in [0.25, 0.3) is 5.17 Å². The van der Waals surface area contributed by atoms with Gasteiger partial charge < -0.3 is 4.74 Å². The SMILES string of the molecule is S=C(NI)Oc1ccccc1. The van der Waals surface area contributed by atoms with E-state index in [0.29, 0.717) is 5.17 Å². The fraction of sp³-hybridized carbons (Fsp3) is 0. The molecule has 0 saturated carbocycles. The van der Waals surface area contributed by atoms with Gasteiger partial charge in [-0.2, -0.15) is 0 Å². The highest BCUT2D eigenvalue weighted by atomic mass is 127. The van der Waals surface area contributed by atoms with Crippen molar-refractivity contribution in [3.8, 4) is 5.75 Å². The number of hydrogen-bond donors (Lipinski definition) is 1. The molecule has 0 aromatic heterocycles. The first-order valence-electron chi connectivity index (χ1n) is 2.96. The summed E-state index contributed by atoms with van der Waals surface area (Å²) in [7, 11) is 0. The zero-order valence-electron chi connectivity index (χ0n) is 5.58. The number of para-hydroxylation sites is 1. The molecule has 0 atom stereocenters. The second kappa shape index (κ2) is 4.50. The Morgan fingerprint density at radius 2 is 2.00 bits per heavy atom. The van der Waals surface area contributed by atoms with Gasteiger partial charge in [0.2, 0.25) is 0 Å². The van der Waals surface area contributed by atoms with E-state index < -0.39 is 0 Å². The summed E-state index contributed by atoms with van der Waals surface area (Å²) in [5.41, 5.74) is 0. The number of ether oxygens (including phenoxy) is 1. The monoisotopic (exact) mass is 279 g/mol. The second-order valence-corrected chi connectivity index (χ2v) is 2.71. The van der Waals surface area contributed by atoms with Crippen LogP contribution in [0.2, 0.25) is 0 Å². The van der Waals surface area contributed by atoms with Crippen molar-refractivity contribution in [2.45, 2.75) is 0 Å². The molecule has 0 amide bonds. The zero-order valence-corrected chi connectivity index (χ0v) is 8.56. The fourth-order valence-electron chi connectivity index (χ4n) is 0.615. The molecule has 0 saturated heterocycles. The van der Waals surface area contributed by atoms with Gasteiger partial charge in [0.05, 0.1) is 22.9 Å². The molecule has 0 unspecified atom stereocenters. The Bertz CT molecular complexity index is 239. The molecule has 0 heterocycles. The molecule has 1 aromatic carbocycles. The first-order valence-corrected chi connectivity index (χ1v) is 4.45. The van der Waals surface area contributed by atoms with E-state index in [9.17, 15) is 0 Å². The number of halogens is 1. The van der Waals surface area contributed by atoms with E-state index in [2.05, 4.69) is 3.53 Å². The van der Waals surface area contributed by atoms with Crippen LogP contribution in [0.3, 0.4) is 0 Å². The molecule has 0 radical (unpaired) electrons. The molecular weight excluding hydrogens is 273 g/mol. The molecule has 58 valence electrons. The Morgan fingerprint density at radius 1 is 1.36 bits per heavy atom. The molecule has 0 aliphatic heterocycles. The topological polar surface area (TPSA) is 21.3 Å². The van der Waals surface area contributed by atoms with E-state index >= 15 is 0 Å². The van der Waals surface area contributed by atoms with E-state index in [1.165, 1.54) is 0 Å². The maximum Gasteiger partial charge on any atom is 0.271 e. The maximum atomic E-state index is 5.18. The quantitative estimate of drug-likeness (QED) is 0.484. The van der Waals surface area contributed by atoms with E-state index in [0.717, 1.165) is 5.75 Å². The predicted octanol–water partition coefficient (Wildman–Crippen LogP) is 2.29. The largest absolute Gasteiger partial charge is 0.431 e. The Labute approximate surface area is 84.4 Å². The summed E-state index contributed by atoms with van der Waals surface area (Å²) in [6.07, 6.45) is 0. The molecule has 0 spiro atoms. The summed E-state index contributed by atoms with van der Waals surface area (Å²) in [5, 5.41) is 0.372. The third-order valence-corrected chi connectivity index (χ3v) is 2.07. The summed E-state index contributed by atoms with van der Waals surface area (Å²) in [6.45, 7) is 0. The molecule has 2 nitrogen and oxygen atoms in total. The van der Waals surface area contributed by atoms with Crippen LogP contribution in [0.15, 0.2) is 30.3 Å². The third-order valence-electron chi connectivity index (χ3n) is 1.03. The van der Waals surface area contributed by atoms with Crippen molar-refractivity contribution in [3.05, 3.63) is 30.3 Å². The van der Waals surface area contributed by atoms with Crippen LogP contribution >= 0.6 is 35.1 Å². The normalized spacial score (nSPS) is 8.82.